The van der Waals surface area contributed by atoms with Gasteiger partial charge < -0.3 is 5.73 Å². The van der Waals surface area contributed by atoms with Crippen LogP contribution in [-0.2, 0) is 9.59 Å². The number of nitrogens with two attached hydrogens (primary N) is 1. The van der Waals surface area contributed by atoms with Gasteiger partial charge in [0.25, 0.3) is 0 Å². The first-order valence-corrected chi connectivity index (χ1v) is 4.47. The highest BCUT2D eigenvalue weighted by Crippen LogP contribution is 2.01. The third-order valence-electron chi connectivity index (χ3n) is 1.77. The van der Waals surface area contributed by atoms with Crippen LogP contribution in [0.25, 0.3) is 0 Å². The van der Waals surface area contributed by atoms with Gasteiger partial charge in [-0.2, -0.15) is 4.58 Å². The summed E-state index contributed by atoms with van der Waals surface area (Å²) in [7, 11) is 0. The van der Waals surface area contributed by atoms with Crippen LogP contribution in [0, 0.1) is 0 Å². The molecule has 0 atom stereocenters. The van der Waals surface area contributed by atoms with Gasteiger partial charge >= 0.3 is 6.41 Å². The SMILES string of the molecule is C=[N+](C=O)CCCCCCC(N)=O. The first-order chi connectivity index (χ1) is 6.16. The van der Waals surface area contributed by atoms with Crippen molar-refractivity contribution in [1.29, 1.82) is 0 Å². The minimum Gasteiger partial charge on any atom is -0.370 e. The van der Waals surface area contributed by atoms with Crippen molar-refractivity contribution in [3.05, 3.63) is 0 Å². The van der Waals surface area contributed by atoms with Crippen LogP contribution in [0.3, 0.4) is 0 Å². The van der Waals surface area contributed by atoms with Crippen LogP contribution in [-0.4, -0.2) is 30.2 Å². The Morgan fingerprint density at radius 2 is 1.92 bits per heavy atom. The molecule has 74 valence electrons. The number of hydrogen-bond donors (Lipinski definition) is 1. The number of nitrogens with zero attached hydrogens (tertiary/aromatic N) is 1. The molecule has 0 aliphatic heterocycles. The highest BCUT2D eigenvalue weighted by molar-refractivity contribution is 5.73. The topological polar surface area (TPSA) is 63.2 Å². The van der Waals surface area contributed by atoms with Gasteiger partial charge in [-0.05, 0) is 12.8 Å². The van der Waals surface area contributed by atoms with Crippen molar-refractivity contribution in [2.75, 3.05) is 6.54 Å². The Hall–Kier alpha value is -1.19. The van der Waals surface area contributed by atoms with E-state index in [1.54, 1.807) is 0 Å². The third-order valence-corrected chi connectivity index (χ3v) is 1.77. The Morgan fingerprint density at radius 1 is 1.31 bits per heavy atom. The van der Waals surface area contributed by atoms with E-state index < -0.39 is 0 Å². The average molecular weight is 185 g/mol. The standard InChI is InChI=1S/C9H16N2O2/c1-11(8-12)7-5-3-2-4-6-9(10)13/h8H,1-7H2,(H-,10,13)/p+1. The van der Waals surface area contributed by atoms with E-state index in [1.165, 1.54) is 4.58 Å². The largest absolute Gasteiger partial charge is 0.374 e. The second-order valence-electron chi connectivity index (χ2n) is 3.05. The highest BCUT2D eigenvalue weighted by Gasteiger charge is 1.98. The number of unbranched alkanes of at least 4 members (excludes halogenated alkanes) is 3. The zero-order valence-electron chi connectivity index (χ0n) is 7.87. The third kappa shape index (κ3) is 8.72. The molecular formula is C9H17N2O2+. The van der Waals surface area contributed by atoms with E-state index in [4.69, 9.17) is 5.73 Å². The summed E-state index contributed by atoms with van der Waals surface area (Å²) in [5.74, 6) is -0.244. The summed E-state index contributed by atoms with van der Waals surface area (Å²) in [5, 5.41) is 0. The number of rotatable bonds is 8. The van der Waals surface area contributed by atoms with Crippen molar-refractivity contribution in [2.24, 2.45) is 5.73 Å². The average Bonchev–Trinajstić information content (AvgIpc) is 2.10. The number of carbonyl (C=O) groups excluding carboxylic acids is 2. The Morgan fingerprint density at radius 3 is 2.46 bits per heavy atom. The molecule has 2 N–H and O–H groups in total. The molecule has 0 saturated carbocycles. The molecule has 4 nitrogen and oxygen atoms in total. The molecule has 4 heteroatoms. The summed E-state index contributed by atoms with van der Waals surface area (Å²) in [6, 6.07) is 0. The van der Waals surface area contributed by atoms with Crippen molar-refractivity contribution in [3.63, 3.8) is 0 Å². The molecule has 0 aromatic carbocycles. The summed E-state index contributed by atoms with van der Waals surface area (Å²) in [6.45, 7) is 4.17. The minimum absolute atomic E-state index is 0.244. The number of carbonyl (C=O) groups is 2. The van der Waals surface area contributed by atoms with Gasteiger partial charge in [0.2, 0.25) is 5.91 Å². The van der Waals surface area contributed by atoms with Gasteiger partial charge in [0.15, 0.2) is 6.54 Å². The molecule has 0 aliphatic rings. The molecule has 0 aromatic heterocycles. The summed E-state index contributed by atoms with van der Waals surface area (Å²) in [6.07, 6.45) is 4.93. The monoisotopic (exact) mass is 185 g/mol. The molecular weight excluding hydrogens is 168 g/mol. The molecule has 2 amide bonds. The van der Waals surface area contributed by atoms with E-state index in [2.05, 4.69) is 6.72 Å². The zero-order chi connectivity index (χ0) is 10.1. The lowest BCUT2D eigenvalue weighted by Crippen LogP contribution is -2.10. The van der Waals surface area contributed by atoms with Crippen LogP contribution in [0.15, 0.2) is 0 Å². The molecule has 0 radical (unpaired) electrons. The van der Waals surface area contributed by atoms with Gasteiger partial charge in [0.1, 0.15) is 6.72 Å². The number of primary amides is 1. The van der Waals surface area contributed by atoms with Crippen LogP contribution in [0.1, 0.15) is 32.1 Å². The van der Waals surface area contributed by atoms with Crippen molar-refractivity contribution < 1.29 is 14.2 Å². The molecule has 0 aliphatic carbocycles. The lowest BCUT2D eigenvalue weighted by Gasteiger charge is -1.96. The fourth-order valence-electron chi connectivity index (χ4n) is 1.02. The number of hydrogen-bond acceptors (Lipinski definition) is 2. The molecule has 0 rings (SSSR count). The van der Waals surface area contributed by atoms with Crippen LogP contribution >= 0.6 is 0 Å². The summed E-state index contributed by atoms with van der Waals surface area (Å²) in [4.78, 5) is 20.5. The van der Waals surface area contributed by atoms with Gasteiger partial charge in [-0.3, -0.25) is 4.79 Å². The van der Waals surface area contributed by atoms with Gasteiger partial charge in [-0.25, -0.2) is 4.79 Å². The molecule has 0 bridgehead atoms. The van der Waals surface area contributed by atoms with E-state index in [0.717, 1.165) is 25.7 Å². The van der Waals surface area contributed by atoms with Crippen molar-refractivity contribution in [3.8, 4) is 0 Å². The Bertz CT molecular complexity index is 190. The number of amides is 2. The van der Waals surface area contributed by atoms with Gasteiger partial charge in [0.05, 0.1) is 0 Å². The Balaban J connectivity index is 3.12. The Labute approximate surface area is 78.4 Å². The van der Waals surface area contributed by atoms with Crippen LogP contribution in [0.5, 0.6) is 0 Å². The first kappa shape index (κ1) is 11.8. The fourth-order valence-corrected chi connectivity index (χ4v) is 1.02. The fraction of sp³-hybridized carbons (Fsp3) is 0.667. The highest BCUT2D eigenvalue weighted by atomic mass is 16.1. The Kier molecular flexibility index (Phi) is 6.78. The van der Waals surface area contributed by atoms with E-state index in [1.807, 2.05) is 0 Å². The second-order valence-corrected chi connectivity index (χ2v) is 3.05. The molecule has 13 heavy (non-hydrogen) atoms. The quantitative estimate of drug-likeness (QED) is 0.256. The van der Waals surface area contributed by atoms with Crippen LogP contribution in [0.2, 0.25) is 0 Å². The van der Waals surface area contributed by atoms with Crippen molar-refractivity contribution in [2.45, 2.75) is 32.1 Å². The normalized spacial score (nSPS) is 9.54. The molecule has 0 saturated heterocycles. The van der Waals surface area contributed by atoms with Crippen molar-refractivity contribution in [1.82, 2.24) is 0 Å². The van der Waals surface area contributed by atoms with Gasteiger partial charge in [-0.15, -0.1) is 0 Å². The lowest BCUT2D eigenvalue weighted by atomic mass is 10.1. The summed E-state index contributed by atoms with van der Waals surface area (Å²) < 4.78 is 1.37. The van der Waals surface area contributed by atoms with Crippen molar-refractivity contribution >= 4 is 19.0 Å². The summed E-state index contributed by atoms with van der Waals surface area (Å²) >= 11 is 0. The molecule has 0 aromatic rings. The maximum Gasteiger partial charge on any atom is 0.374 e. The van der Waals surface area contributed by atoms with Crippen LogP contribution < -0.4 is 5.73 Å². The first-order valence-electron chi connectivity index (χ1n) is 4.47. The van der Waals surface area contributed by atoms with E-state index >= 15 is 0 Å². The van der Waals surface area contributed by atoms with Gasteiger partial charge in [-0.1, -0.05) is 6.42 Å². The predicted octanol–water partition coefficient (Wildman–Crippen LogP) is 0.292. The van der Waals surface area contributed by atoms with E-state index in [-0.39, 0.29) is 5.91 Å². The zero-order valence-corrected chi connectivity index (χ0v) is 7.87. The molecule has 0 spiro atoms. The van der Waals surface area contributed by atoms with Gasteiger partial charge in [0, 0.05) is 12.8 Å². The second kappa shape index (κ2) is 7.46. The summed E-state index contributed by atoms with van der Waals surface area (Å²) in [5.41, 5.74) is 4.97. The van der Waals surface area contributed by atoms with E-state index in [0.29, 0.717) is 19.4 Å². The molecule has 0 unspecified atom stereocenters. The van der Waals surface area contributed by atoms with E-state index in [9.17, 15) is 9.59 Å². The molecule has 0 fully saturated rings. The lowest BCUT2D eigenvalue weighted by molar-refractivity contribution is -0.425. The maximum absolute atomic E-state index is 10.3. The smallest absolute Gasteiger partial charge is 0.370 e. The molecule has 0 heterocycles. The predicted molar refractivity (Wildman–Crippen MR) is 50.6 cm³/mol. The minimum atomic E-state index is -0.244. The van der Waals surface area contributed by atoms with Crippen LogP contribution in [0.4, 0.5) is 0 Å². The maximum atomic E-state index is 10.3.